The van der Waals surface area contributed by atoms with Crippen molar-refractivity contribution in [2.24, 2.45) is 0 Å². The Morgan fingerprint density at radius 1 is 1.13 bits per heavy atom. The van der Waals surface area contributed by atoms with E-state index in [9.17, 15) is 12.6 Å². The molecule has 1 saturated carbocycles. The molecule has 0 radical (unpaired) electrons. The Bertz CT molecular complexity index is 316. The molecule has 9 heteroatoms. The van der Waals surface area contributed by atoms with Gasteiger partial charge < -0.3 is 0 Å². The van der Waals surface area contributed by atoms with Gasteiger partial charge in [-0.15, -0.1) is 0 Å². The maximum atomic E-state index is 10.4. The van der Waals surface area contributed by atoms with Crippen LogP contribution in [0.5, 0.6) is 0 Å². The molecular formula is C6H12O7S2. The van der Waals surface area contributed by atoms with Crippen LogP contribution in [0.3, 0.4) is 0 Å². The van der Waals surface area contributed by atoms with Crippen LogP contribution in [0, 0.1) is 0 Å². The second-order valence-electron chi connectivity index (χ2n) is 3.24. The van der Waals surface area contributed by atoms with E-state index >= 15 is 0 Å². The normalized spacial score (nSPS) is 30.0. The molecule has 2 N–H and O–H groups in total. The predicted molar refractivity (Wildman–Crippen MR) is 50.5 cm³/mol. The molecule has 0 spiro atoms. The molecule has 0 amide bonds. The molecule has 0 aliphatic heterocycles. The van der Waals surface area contributed by atoms with Crippen molar-refractivity contribution in [2.75, 3.05) is 0 Å². The van der Waals surface area contributed by atoms with Gasteiger partial charge in [0.2, 0.25) is 0 Å². The second kappa shape index (κ2) is 5.32. The van der Waals surface area contributed by atoms with E-state index in [0.717, 1.165) is 0 Å². The molecule has 1 rings (SSSR count). The molecule has 0 aromatic carbocycles. The minimum Gasteiger partial charge on any atom is -0.284 e. The molecule has 1 aliphatic rings. The van der Waals surface area contributed by atoms with Gasteiger partial charge in [-0.25, -0.2) is 4.18 Å². The highest BCUT2D eigenvalue weighted by atomic mass is 32.3. The Balaban J connectivity index is 2.33. The summed E-state index contributed by atoms with van der Waals surface area (Å²) in [5, 5.41) is 0. The Kier molecular flexibility index (Phi) is 4.62. The van der Waals surface area contributed by atoms with Crippen LogP contribution in [0.15, 0.2) is 0 Å². The van der Waals surface area contributed by atoms with Gasteiger partial charge >= 0.3 is 21.8 Å². The van der Waals surface area contributed by atoms with Gasteiger partial charge in [-0.3, -0.25) is 13.3 Å². The smallest absolute Gasteiger partial charge is 0.284 e. The summed E-state index contributed by atoms with van der Waals surface area (Å²) >= 11 is -2.30. The van der Waals surface area contributed by atoms with Gasteiger partial charge in [0.05, 0.1) is 12.2 Å². The van der Waals surface area contributed by atoms with E-state index in [4.69, 9.17) is 9.11 Å². The Morgan fingerprint density at radius 2 is 1.60 bits per heavy atom. The summed E-state index contributed by atoms with van der Waals surface area (Å²) in [6.07, 6.45) is 0.631. The van der Waals surface area contributed by atoms with Gasteiger partial charge in [0, 0.05) is 0 Å². The lowest BCUT2D eigenvalue weighted by molar-refractivity contribution is 0.0788. The van der Waals surface area contributed by atoms with E-state index < -0.39 is 27.9 Å². The van der Waals surface area contributed by atoms with Crippen molar-refractivity contribution in [3.05, 3.63) is 0 Å². The zero-order valence-electron chi connectivity index (χ0n) is 7.74. The molecule has 0 aromatic heterocycles. The maximum absolute atomic E-state index is 10.4. The van der Waals surface area contributed by atoms with E-state index in [0.29, 0.717) is 25.7 Å². The lowest BCUT2D eigenvalue weighted by Gasteiger charge is -2.25. The SMILES string of the molecule is O=S(O)OC1CCC(OS(=O)(=O)O)CC1. The zero-order valence-corrected chi connectivity index (χ0v) is 9.37. The summed E-state index contributed by atoms with van der Waals surface area (Å²) in [7, 11) is -4.41. The van der Waals surface area contributed by atoms with Crippen molar-refractivity contribution < 1.29 is 30.1 Å². The summed E-state index contributed by atoms with van der Waals surface area (Å²) in [5.74, 6) is 0. The monoisotopic (exact) mass is 260 g/mol. The zero-order chi connectivity index (χ0) is 11.5. The van der Waals surface area contributed by atoms with Gasteiger partial charge in [-0.2, -0.15) is 12.6 Å². The van der Waals surface area contributed by atoms with Crippen molar-refractivity contribution in [3.8, 4) is 0 Å². The van der Waals surface area contributed by atoms with Crippen molar-refractivity contribution in [3.63, 3.8) is 0 Å². The van der Waals surface area contributed by atoms with E-state index in [2.05, 4.69) is 8.37 Å². The maximum Gasteiger partial charge on any atom is 0.397 e. The molecule has 15 heavy (non-hydrogen) atoms. The highest BCUT2D eigenvalue weighted by Crippen LogP contribution is 2.24. The van der Waals surface area contributed by atoms with Gasteiger partial charge in [-0.1, -0.05) is 0 Å². The van der Waals surface area contributed by atoms with E-state index in [1.807, 2.05) is 0 Å². The lowest BCUT2D eigenvalue weighted by atomic mass is 9.95. The third-order valence-electron chi connectivity index (χ3n) is 2.10. The first kappa shape index (κ1) is 13.0. The first-order chi connectivity index (χ1) is 6.87. The molecule has 0 bridgehead atoms. The molecule has 0 aromatic rings. The predicted octanol–water partition coefficient (Wildman–Crippen LogP) is 0.270. The minimum atomic E-state index is -4.41. The first-order valence-corrected chi connectivity index (χ1v) is 6.70. The Morgan fingerprint density at radius 3 is 2.00 bits per heavy atom. The summed E-state index contributed by atoms with van der Waals surface area (Å²) in [5.41, 5.74) is 0. The average molecular weight is 260 g/mol. The average Bonchev–Trinajstić information content (AvgIpc) is 2.05. The van der Waals surface area contributed by atoms with Crippen molar-refractivity contribution in [1.29, 1.82) is 0 Å². The second-order valence-corrected chi connectivity index (χ2v) is 4.91. The van der Waals surface area contributed by atoms with Crippen LogP contribution in [0.2, 0.25) is 0 Å². The number of hydrogen-bond acceptors (Lipinski definition) is 5. The Hall–Kier alpha value is -0.0600. The Labute approximate surface area is 90.2 Å². The van der Waals surface area contributed by atoms with Crippen LogP contribution in [-0.4, -0.2) is 33.9 Å². The van der Waals surface area contributed by atoms with E-state index in [-0.39, 0.29) is 6.10 Å². The van der Waals surface area contributed by atoms with Gasteiger partial charge in [0.15, 0.2) is 0 Å². The quantitative estimate of drug-likeness (QED) is 0.551. The minimum absolute atomic E-state index is 0.363. The summed E-state index contributed by atoms with van der Waals surface area (Å²) < 4.78 is 56.9. The lowest BCUT2D eigenvalue weighted by Crippen LogP contribution is -2.28. The van der Waals surface area contributed by atoms with Crippen LogP contribution in [0.1, 0.15) is 25.7 Å². The van der Waals surface area contributed by atoms with E-state index in [1.54, 1.807) is 0 Å². The molecule has 7 nitrogen and oxygen atoms in total. The summed E-state index contributed by atoms with van der Waals surface area (Å²) in [4.78, 5) is 0. The largest absolute Gasteiger partial charge is 0.397 e. The molecular weight excluding hydrogens is 248 g/mol. The van der Waals surface area contributed by atoms with Gasteiger partial charge in [-0.05, 0) is 25.7 Å². The van der Waals surface area contributed by atoms with Crippen LogP contribution in [-0.2, 0) is 30.1 Å². The van der Waals surface area contributed by atoms with Crippen LogP contribution < -0.4 is 0 Å². The van der Waals surface area contributed by atoms with Gasteiger partial charge in [0.25, 0.3) is 0 Å². The van der Waals surface area contributed by atoms with Crippen LogP contribution >= 0.6 is 0 Å². The van der Waals surface area contributed by atoms with Crippen molar-refractivity contribution in [1.82, 2.24) is 0 Å². The van der Waals surface area contributed by atoms with Crippen molar-refractivity contribution >= 4 is 21.8 Å². The molecule has 1 aliphatic carbocycles. The first-order valence-electron chi connectivity index (χ1n) is 4.30. The third kappa shape index (κ3) is 5.54. The molecule has 90 valence electrons. The van der Waals surface area contributed by atoms with Crippen molar-refractivity contribution in [2.45, 2.75) is 37.9 Å². The standard InChI is InChI=1S/C6H12O7S2/c7-14(8)12-5-1-3-6(4-2-5)13-15(9,10)11/h5-6H,1-4H2,(H,7,8)(H,9,10,11). The van der Waals surface area contributed by atoms with Gasteiger partial charge in [0.1, 0.15) is 0 Å². The molecule has 1 unspecified atom stereocenters. The fraction of sp³-hybridized carbons (Fsp3) is 1.00. The summed E-state index contributed by atoms with van der Waals surface area (Å²) in [6.45, 7) is 0. The molecule has 0 saturated heterocycles. The summed E-state index contributed by atoms with van der Waals surface area (Å²) in [6, 6.07) is 0. The fourth-order valence-electron chi connectivity index (χ4n) is 1.51. The van der Waals surface area contributed by atoms with Crippen LogP contribution in [0.4, 0.5) is 0 Å². The molecule has 1 fully saturated rings. The molecule has 1 atom stereocenters. The fourth-order valence-corrected chi connectivity index (χ4v) is 2.47. The number of rotatable bonds is 4. The number of hydrogen-bond donors (Lipinski definition) is 2. The molecule has 0 heterocycles. The van der Waals surface area contributed by atoms with Crippen LogP contribution in [0.25, 0.3) is 0 Å². The topological polar surface area (TPSA) is 110 Å². The highest BCUT2D eigenvalue weighted by molar-refractivity contribution is 7.80. The highest BCUT2D eigenvalue weighted by Gasteiger charge is 2.26. The van der Waals surface area contributed by atoms with E-state index in [1.165, 1.54) is 0 Å². The third-order valence-corrected chi connectivity index (χ3v) is 3.05.